The van der Waals surface area contributed by atoms with Crippen molar-refractivity contribution in [1.82, 2.24) is 15.5 Å². The third-order valence-electron chi connectivity index (χ3n) is 4.14. The lowest BCUT2D eigenvalue weighted by Crippen LogP contribution is -2.47. The van der Waals surface area contributed by atoms with Gasteiger partial charge in [-0.1, -0.05) is 19.9 Å². The molecule has 124 valence electrons. The van der Waals surface area contributed by atoms with Crippen molar-refractivity contribution in [3.05, 3.63) is 22.4 Å². The van der Waals surface area contributed by atoms with Crippen LogP contribution in [0.2, 0.25) is 0 Å². The molecule has 0 spiro atoms. The van der Waals surface area contributed by atoms with Crippen LogP contribution in [0.3, 0.4) is 0 Å². The van der Waals surface area contributed by atoms with Crippen molar-refractivity contribution < 1.29 is 9.53 Å². The highest BCUT2D eigenvalue weighted by Crippen LogP contribution is 2.24. The van der Waals surface area contributed by atoms with Gasteiger partial charge in [-0.15, -0.1) is 11.3 Å². The van der Waals surface area contributed by atoms with Gasteiger partial charge in [0, 0.05) is 30.7 Å². The second-order valence-electron chi connectivity index (χ2n) is 5.49. The van der Waals surface area contributed by atoms with Crippen molar-refractivity contribution in [3.8, 4) is 0 Å². The van der Waals surface area contributed by atoms with Crippen molar-refractivity contribution in [2.75, 3.05) is 32.8 Å². The van der Waals surface area contributed by atoms with E-state index < -0.39 is 0 Å². The first-order valence-corrected chi connectivity index (χ1v) is 9.02. The summed E-state index contributed by atoms with van der Waals surface area (Å²) in [7, 11) is 0. The van der Waals surface area contributed by atoms with Crippen LogP contribution in [0.1, 0.15) is 37.6 Å². The Bertz CT molecular complexity index is 429. The Kier molecular flexibility index (Phi) is 7.15. The van der Waals surface area contributed by atoms with Crippen molar-refractivity contribution >= 4 is 17.4 Å². The second-order valence-corrected chi connectivity index (χ2v) is 6.47. The molecule has 1 atom stereocenters. The normalized spacial score (nSPS) is 17.4. The van der Waals surface area contributed by atoms with Gasteiger partial charge in [0.1, 0.15) is 0 Å². The summed E-state index contributed by atoms with van der Waals surface area (Å²) in [5.74, 6) is 0. The zero-order valence-corrected chi connectivity index (χ0v) is 14.3. The van der Waals surface area contributed by atoms with E-state index in [2.05, 4.69) is 46.9 Å². The van der Waals surface area contributed by atoms with Crippen molar-refractivity contribution in [1.29, 1.82) is 0 Å². The minimum atomic E-state index is -0.0689. The molecule has 5 nitrogen and oxygen atoms in total. The second kappa shape index (κ2) is 9.12. The highest BCUT2D eigenvalue weighted by atomic mass is 32.1. The van der Waals surface area contributed by atoms with Crippen molar-refractivity contribution in [3.63, 3.8) is 0 Å². The van der Waals surface area contributed by atoms with Crippen LogP contribution in [0.25, 0.3) is 0 Å². The average molecular weight is 325 g/mol. The first-order chi connectivity index (χ1) is 10.7. The zero-order chi connectivity index (χ0) is 15.8. The molecule has 1 saturated heterocycles. The van der Waals surface area contributed by atoms with E-state index in [1.807, 2.05) is 0 Å². The molecule has 0 saturated carbocycles. The van der Waals surface area contributed by atoms with Gasteiger partial charge in [-0.25, -0.2) is 4.79 Å². The monoisotopic (exact) mass is 325 g/mol. The maximum absolute atomic E-state index is 12.1. The van der Waals surface area contributed by atoms with E-state index in [0.29, 0.717) is 6.54 Å². The first kappa shape index (κ1) is 17.2. The average Bonchev–Trinajstić information content (AvgIpc) is 3.06. The number of thiophene rings is 1. The quantitative estimate of drug-likeness (QED) is 0.810. The number of carbonyl (C=O) groups is 1. The Morgan fingerprint density at radius 1 is 1.41 bits per heavy atom. The largest absolute Gasteiger partial charge is 0.381 e. The number of likely N-dealkylation sites (N-methyl/N-ethyl adjacent to an activating group) is 1. The number of ether oxygens (including phenoxy) is 1. The molecule has 0 aliphatic carbocycles. The molecule has 1 aliphatic rings. The molecular weight excluding hydrogens is 298 g/mol. The molecule has 2 amide bonds. The van der Waals surface area contributed by atoms with Gasteiger partial charge in [0.15, 0.2) is 0 Å². The lowest BCUT2D eigenvalue weighted by molar-refractivity contribution is 0.0799. The molecule has 2 N–H and O–H groups in total. The summed E-state index contributed by atoms with van der Waals surface area (Å²) in [4.78, 5) is 15.8. The Labute approximate surface area is 137 Å². The van der Waals surface area contributed by atoms with Crippen molar-refractivity contribution in [2.24, 2.45) is 0 Å². The van der Waals surface area contributed by atoms with E-state index in [9.17, 15) is 4.79 Å². The van der Waals surface area contributed by atoms with Gasteiger partial charge in [0.25, 0.3) is 0 Å². The van der Waals surface area contributed by atoms with E-state index in [-0.39, 0.29) is 18.1 Å². The third-order valence-corrected chi connectivity index (χ3v) is 5.11. The number of rotatable bonds is 7. The SMILES string of the molecule is CCN(CC)C(CNC(=O)NC1CCOCC1)c1cccs1. The van der Waals surface area contributed by atoms with Gasteiger partial charge in [-0.05, 0) is 37.4 Å². The fraction of sp³-hybridized carbons (Fsp3) is 0.688. The molecule has 0 bridgehead atoms. The molecule has 2 rings (SSSR count). The molecule has 6 heteroatoms. The Morgan fingerprint density at radius 3 is 2.73 bits per heavy atom. The van der Waals surface area contributed by atoms with Gasteiger partial charge in [-0.2, -0.15) is 0 Å². The van der Waals surface area contributed by atoms with Crippen LogP contribution in [0.5, 0.6) is 0 Å². The van der Waals surface area contributed by atoms with Crippen LogP contribution in [0, 0.1) is 0 Å². The van der Waals surface area contributed by atoms with E-state index in [1.165, 1.54) is 4.88 Å². The number of nitrogens with zero attached hydrogens (tertiary/aromatic N) is 1. The van der Waals surface area contributed by atoms with Crippen LogP contribution < -0.4 is 10.6 Å². The van der Waals surface area contributed by atoms with Gasteiger partial charge in [-0.3, -0.25) is 4.90 Å². The van der Waals surface area contributed by atoms with E-state index in [0.717, 1.165) is 39.1 Å². The summed E-state index contributed by atoms with van der Waals surface area (Å²) in [6.45, 7) is 8.38. The van der Waals surface area contributed by atoms with Crippen molar-refractivity contribution in [2.45, 2.75) is 38.8 Å². The number of carbonyl (C=O) groups excluding carboxylic acids is 1. The fourth-order valence-electron chi connectivity index (χ4n) is 2.82. The Morgan fingerprint density at radius 2 is 2.14 bits per heavy atom. The summed E-state index contributed by atoms with van der Waals surface area (Å²) < 4.78 is 5.31. The molecule has 22 heavy (non-hydrogen) atoms. The number of urea groups is 1. The number of hydrogen-bond acceptors (Lipinski definition) is 4. The molecule has 1 aromatic rings. The molecule has 1 fully saturated rings. The Hall–Kier alpha value is -1.11. The molecular formula is C16H27N3O2S. The maximum atomic E-state index is 12.1. The molecule has 2 heterocycles. The van der Waals surface area contributed by atoms with Crippen LogP contribution in [0.4, 0.5) is 4.79 Å². The van der Waals surface area contributed by atoms with Gasteiger partial charge < -0.3 is 15.4 Å². The molecule has 1 unspecified atom stereocenters. The van der Waals surface area contributed by atoms with Gasteiger partial charge in [0.2, 0.25) is 0 Å². The third kappa shape index (κ3) is 4.97. The number of amides is 2. The molecule has 1 aromatic heterocycles. The number of hydrogen-bond donors (Lipinski definition) is 2. The summed E-state index contributed by atoms with van der Waals surface area (Å²) in [6.07, 6.45) is 1.80. The Balaban J connectivity index is 1.86. The first-order valence-electron chi connectivity index (χ1n) is 8.14. The summed E-state index contributed by atoms with van der Waals surface area (Å²) >= 11 is 1.75. The molecule has 0 aromatic carbocycles. The van der Waals surface area contributed by atoms with E-state index in [4.69, 9.17) is 4.74 Å². The minimum Gasteiger partial charge on any atom is -0.381 e. The predicted molar refractivity (Wildman–Crippen MR) is 90.4 cm³/mol. The topological polar surface area (TPSA) is 53.6 Å². The van der Waals surface area contributed by atoms with Crippen LogP contribution in [-0.2, 0) is 4.74 Å². The van der Waals surface area contributed by atoms with Gasteiger partial charge >= 0.3 is 6.03 Å². The van der Waals surface area contributed by atoms with Crippen LogP contribution >= 0.6 is 11.3 Å². The van der Waals surface area contributed by atoms with Crippen LogP contribution in [-0.4, -0.2) is 49.8 Å². The highest BCUT2D eigenvalue weighted by Gasteiger charge is 2.21. The zero-order valence-electron chi connectivity index (χ0n) is 13.5. The van der Waals surface area contributed by atoms with E-state index in [1.54, 1.807) is 11.3 Å². The fourth-order valence-corrected chi connectivity index (χ4v) is 3.68. The standard InChI is InChI=1S/C16H27N3O2S/c1-3-19(4-2)14(15-6-5-11-22-15)12-17-16(20)18-13-7-9-21-10-8-13/h5-6,11,13-14H,3-4,7-10,12H2,1-2H3,(H2,17,18,20). The summed E-state index contributed by atoms with van der Waals surface area (Å²) in [5.41, 5.74) is 0. The van der Waals surface area contributed by atoms with E-state index >= 15 is 0 Å². The van der Waals surface area contributed by atoms with Gasteiger partial charge in [0.05, 0.1) is 6.04 Å². The number of nitrogens with one attached hydrogen (secondary N) is 2. The summed E-state index contributed by atoms with van der Waals surface area (Å²) in [5, 5.41) is 8.18. The lowest BCUT2D eigenvalue weighted by Gasteiger charge is -2.29. The summed E-state index contributed by atoms with van der Waals surface area (Å²) in [6, 6.07) is 4.63. The molecule has 1 aliphatic heterocycles. The van der Waals surface area contributed by atoms with Crippen LogP contribution in [0.15, 0.2) is 17.5 Å². The minimum absolute atomic E-state index is 0.0689. The highest BCUT2D eigenvalue weighted by molar-refractivity contribution is 7.10. The predicted octanol–water partition coefficient (Wildman–Crippen LogP) is 2.61. The lowest BCUT2D eigenvalue weighted by atomic mass is 10.1. The smallest absolute Gasteiger partial charge is 0.315 e. The molecule has 0 radical (unpaired) electrons. The maximum Gasteiger partial charge on any atom is 0.315 e.